The molecule has 10 heteroatoms. The number of benzene rings is 2. The van der Waals surface area contributed by atoms with Gasteiger partial charge in [-0.3, -0.25) is 14.9 Å². The Kier molecular flexibility index (Phi) is 9.41. The van der Waals surface area contributed by atoms with Gasteiger partial charge in [0, 0.05) is 24.4 Å². The molecule has 2 rings (SSSR count). The molecule has 0 aliphatic carbocycles. The zero-order valence-electron chi connectivity index (χ0n) is 17.7. The summed E-state index contributed by atoms with van der Waals surface area (Å²) >= 11 is 1.65. The number of nitro groups is 1. The first-order valence-electron chi connectivity index (χ1n) is 9.57. The van der Waals surface area contributed by atoms with Gasteiger partial charge in [-0.05, 0) is 42.2 Å². The van der Waals surface area contributed by atoms with E-state index in [1.165, 1.54) is 32.4 Å². The van der Waals surface area contributed by atoms with Crippen molar-refractivity contribution in [2.24, 2.45) is 0 Å². The van der Waals surface area contributed by atoms with Crippen LogP contribution in [0.2, 0.25) is 0 Å². The van der Waals surface area contributed by atoms with Crippen molar-refractivity contribution in [1.29, 1.82) is 0 Å². The minimum absolute atomic E-state index is 0.121. The van der Waals surface area contributed by atoms with Crippen molar-refractivity contribution in [3.05, 3.63) is 57.6 Å². The van der Waals surface area contributed by atoms with Crippen LogP contribution in [-0.2, 0) is 6.54 Å². The Hall–Kier alpha value is -2.98. The molecule has 0 aliphatic heterocycles. The van der Waals surface area contributed by atoms with Crippen molar-refractivity contribution in [2.75, 3.05) is 38.2 Å². The normalized spacial score (nSPS) is 11.5. The van der Waals surface area contributed by atoms with E-state index in [9.17, 15) is 20.0 Å². The summed E-state index contributed by atoms with van der Waals surface area (Å²) in [6.07, 6.45) is 2.65. The molecular formula is C21H27N3O6S. The van der Waals surface area contributed by atoms with E-state index in [2.05, 4.69) is 10.6 Å². The summed E-state index contributed by atoms with van der Waals surface area (Å²) < 4.78 is 10.5. The molecule has 0 saturated carbocycles. The van der Waals surface area contributed by atoms with Crippen molar-refractivity contribution >= 4 is 29.0 Å². The number of nitrogens with zero attached hydrogens (tertiary/aromatic N) is 1. The number of aliphatic hydroxyl groups excluding tert-OH is 1. The van der Waals surface area contributed by atoms with E-state index in [4.69, 9.17) is 9.47 Å². The maximum absolute atomic E-state index is 12.9. The number of amides is 1. The van der Waals surface area contributed by atoms with Gasteiger partial charge in [0.15, 0.2) is 11.5 Å². The van der Waals surface area contributed by atoms with Crippen molar-refractivity contribution < 1.29 is 24.3 Å². The lowest BCUT2D eigenvalue weighted by atomic mass is 10.1. The van der Waals surface area contributed by atoms with Crippen molar-refractivity contribution in [3.8, 4) is 11.5 Å². The fourth-order valence-electron chi connectivity index (χ4n) is 2.92. The molecule has 0 bridgehead atoms. The monoisotopic (exact) mass is 449 g/mol. The first kappa shape index (κ1) is 24.3. The van der Waals surface area contributed by atoms with Crippen LogP contribution in [0.1, 0.15) is 22.3 Å². The Balaban J connectivity index is 2.22. The van der Waals surface area contributed by atoms with Crippen LogP contribution in [0.4, 0.5) is 11.4 Å². The van der Waals surface area contributed by atoms with Crippen LogP contribution < -0.4 is 20.1 Å². The highest BCUT2D eigenvalue weighted by Gasteiger charge is 2.19. The van der Waals surface area contributed by atoms with Crippen molar-refractivity contribution in [3.63, 3.8) is 0 Å². The van der Waals surface area contributed by atoms with Gasteiger partial charge in [0.25, 0.3) is 11.6 Å². The van der Waals surface area contributed by atoms with Crippen LogP contribution in [0, 0.1) is 10.1 Å². The first-order valence-corrected chi connectivity index (χ1v) is 11.0. The number of thioether (sulfide) groups is 1. The third-order valence-corrected chi connectivity index (χ3v) is 5.25. The second-order valence-electron chi connectivity index (χ2n) is 6.66. The fraction of sp³-hybridized carbons (Fsp3) is 0.381. The van der Waals surface area contributed by atoms with Crippen LogP contribution in [0.5, 0.6) is 11.5 Å². The number of carbonyl (C=O) groups excluding carboxylic acids is 1. The highest BCUT2D eigenvalue weighted by molar-refractivity contribution is 7.98. The molecule has 0 fully saturated rings. The van der Waals surface area contributed by atoms with E-state index in [1.807, 2.05) is 6.26 Å². The van der Waals surface area contributed by atoms with E-state index in [-0.39, 0.29) is 30.4 Å². The van der Waals surface area contributed by atoms with E-state index < -0.39 is 10.8 Å². The second kappa shape index (κ2) is 12.0. The summed E-state index contributed by atoms with van der Waals surface area (Å²) in [6, 6.07) is 9.05. The predicted molar refractivity (Wildman–Crippen MR) is 121 cm³/mol. The predicted octanol–water partition coefficient (Wildman–Crippen LogP) is 3.07. The highest BCUT2D eigenvalue weighted by atomic mass is 32.2. The second-order valence-corrected chi connectivity index (χ2v) is 7.65. The Morgan fingerprint density at radius 2 is 1.94 bits per heavy atom. The van der Waals surface area contributed by atoms with Crippen LogP contribution in [0.25, 0.3) is 0 Å². The number of nitrogens with one attached hydrogen (secondary N) is 2. The van der Waals surface area contributed by atoms with Crippen molar-refractivity contribution in [2.45, 2.75) is 19.0 Å². The number of rotatable bonds is 12. The number of hydrogen-bond acceptors (Lipinski definition) is 8. The number of methoxy groups -OCH3 is 2. The number of anilines is 1. The summed E-state index contributed by atoms with van der Waals surface area (Å²) in [7, 11) is 3.06. The topological polar surface area (TPSA) is 123 Å². The van der Waals surface area contributed by atoms with Gasteiger partial charge in [0.1, 0.15) is 0 Å². The van der Waals surface area contributed by atoms with Crippen LogP contribution in [0.15, 0.2) is 36.4 Å². The molecule has 0 aromatic heterocycles. The zero-order chi connectivity index (χ0) is 22.8. The quantitative estimate of drug-likeness (QED) is 0.334. The summed E-state index contributed by atoms with van der Waals surface area (Å²) in [5.74, 6) is 1.46. The number of ether oxygens (including phenoxy) is 2. The van der Waals surface area contributed by atoms with Crippen LogP contribution in [-0.4, -0.2) is 54.8 Å². The molecule has 0 heterocycles. The average Bonchev–Trinajstić information content (AvgIpc) is 2.79. The molecule has 2 aromatic rings. The van der Waals surface area contributed by atoms with Gasteiger partial charge < -0.3 is 25.2 Å². The average molecular weight is 450 g/mol. The van der Waals surface area contributed by atoms with Crippen molar-refractivity contribution in [1.82, 2.24) is 5.32 Å². The molecule has 1 amide bonds. The van der Waals surface area contributed by atoms with Crippen LogP contribution in [0.3, 0.4) is 0 Å². The molecule has 0 saturated heterocycles. The number of carbonyl (C=O) groups is 1. The lowest BCUT2D eigenvalue weighted by molar-refractivity contribution is -0.384. The SMILES string of the molecule is COc1ccc(CNC(=O)c2cc([N+](=O)[O-])ccc2N[C@@H](CO)CCSC)cc1OC. The van der Waals surface area contributed by atoms with E-state index in [0.29, 0.717) is 23.6 Å². The van der Waals surface area contributed by atoms with Gasteiger partial charge in [-0.2, -0.15) is 11.8 Å². The van der Waals surface area contributed by atoms with Gasteiger partial charge in [0.2, 0.25) is 0 Å². The Bertz CT molecular complexity index is 909. The zero-order valence-corrected chi connectivity index (χ0v) is 18.5. The molecule has 0 unspecified atom stereocenters. The van der Waals surface area contributed by atoms with Gasteiger partial charge in [-0.25, -0.2) is 0 Å². The lowest BCUT2D eigenvalue weighted by Gasteiger charge is -2.19. The minimum atomic E-state index is -0.549. The molecule has 2 aromatic carbocycles. The molecule has 9 nitrogen and oxygen atoms in total. The Labute approximate surface area is 185 Å². The van der Waals surface area contributed by atoms with E-state index in [0.717, 1.165) is 11.3 Å². The number of nitro benzene ring substituents is 1. The standard InChI is InChI=1S/C21H27N3O6S/c1-29-19-7-4-14(10-20(19)30-2)12-22-21(26)17-11-16(24(27)28)5-6-18(17)23-15(13-25)8-9-31-3/h4-7,10-11,15,23,25H,8-9,12-13H2,1-3H3,(H,22,26)/t15-/m1/s1. The largest absolute Gasteiger partial charge is 0.493 e. The smallest absolute Gasteiger partial charge is 0.270 e. The molecular weight excluding hydrogens is 422 g/mol. The van der Waals surface area contributed by atoms with Gasteiger partial charge in [-0.1, -0.05) is 6.07 Å². The molecule has 0 spiro atoms. The van der Waals surface area contributed by atoms with Gasteiger partial charge in [0.05, 0.1) is 37.4 Å². The van der Waals surface area contributed by atoms with E-state index in [1.54, 1.807) is 30.0 Å². The maximum atomic E-state index is 12.9. The molecule has 1 atom stereocenters. The molecule has 0 radical (unpaired) electrons. The molecule has 31 heavy (non-hydrogen) atoms. The summed E-state index contributed by atoms with van der Waals surface area (Å²) in [6.45, 7) is 0.0709. The van der Waals surface area contributed by atoms with E-state index >= 15 is 0 Å². The number of hydrogen-bond donors (Lipinski definition) is 3. The Morgan fingerprint density at radius 3 is 2.55 bits per heavy atom. The Morgan fingerprint density at radius 1 is 1.19 bits per heavy atom. The summed E-state index contributed by atoms with van der Waals surface area (Å²) in [5, 5.41) is 26.7. The van der Waals surface area contributed by atoms with Crippen LogP contribution >= 0.6 is 11.8 Å². The van der Waals surface area contributed by atoms with Gasteiger partial charge >= 0.3 is 0 Å². The fourth-order valence-corrected chi connectivity index (χ4v) is 3.44. The molecule has 3 N–H and O–H groups in total. The first-order chi connectivity index (χ1) is 14.9. The minimum Gasteiger partial charge on any atom is -0.493 e. The summed E-state index contributed by atoms with van der Waals surface area (Å²) in [4.78, 5) is 23.5. The number of aliphatic hydroxyl groups is 1. The third-order valence-electron chi connectivity index (χ3n) is 4.61. The third kappa shape index (κ3) is 6.76. The molecule has 168 valence electrons. The highest BCUT2D eigenvalue weighted by Crippen LogP contribution is 2.28. The maximum Gasteiger partial charge on any atom is 0.270 e. The number of non-ortho nitro benzene ring substituents is 1. The lowest BCUT2D eigenvalue weighted by Crippen LogP contribution is -2.28. The summed E-state index contributed by atoms with van der Waals surface area (Å²) in [5.41, 5.74) is 1.15. The van der Waals surface area contributed by atoms with Gasteiger partial charge in [-0.15, -0.1) is 0 Å². The molecule has 0 aliphatic rings.